The number of nitrogens with one attached hydrogen (secondary N) is 1. The van der Waals surface area contributed by atoms with Crippen molar-refractivity contribution in [2.75, 3.05) is 0 Å². The third kappa shape index (κ3) is 3.02. The molecule has 0 bridgehead atoms. The molecule has 1 aliphatic heterocycles. The highest BCUT2D eigenvalue weighted by Crippen LogP contribution is 2.25. The molecule has 0 spiro atoms. The minimum atomic E-state index is -0.170. The fraction of sp³-hybridized carbons (Fsp3) is 0.353. The second kappa shape index (κ2) is 6.46. The third-order valence-electron chi connectivity index (χ3n) is 4.38. The number of carbonyl (C=O) groups is 1. The number of pyridine rings is 1. The predicted octanol–water partition coefficient (Wildman–Crippen LogP) is 2.16. The largest absolute Gasteiger partial charge is 0.343 e. The average molecular weight is 338 g/mol. The van der Waals surface area contributed by atoms with Crippen LogP contribution < -0.4 is 5.32 Å². The number of hydrogen-bond acceptors (Lipinski definition) is 6. The summed E-state index contributed by atoms with van der Waals surface area (Å²) in [7, 11) is 0. The van der Waals surface area contributed by atoms with Crippen molar-refractivity contribution in [1.29, 1.82) is 0 Å². The summed E-state index contributed by atoms with van der Waals surface area (Å²) in [6.45, 7) is 2.29. The second-order valence-electron chi connectivity index (χ2n) is 6.13. The monoisotopic (exact) mass is 338 g/mol. The van der Waals surface area contributed by atoms with Gasteiger partial charge in [-0.3, -0.25) is 14.5 Å². The van der Waals surface area contributed by atoms with Gasteiger partial charge in [0, 0.05) is 24.0 Å². The van der Waals surface area contributed by atoms with Gasteiger partial charge in [0.15, 0.2) is 0 Å². The number of rotatable bonds is 4. The Morgan fingerprint density at radius 3 is 3.20 bits per heavy atom. The average Bonchev–Trinajstić information content (AvgIpc) is 3.28. The summed E-state index contributed by atoms with van der Waals surface area (Å²) in [4.78, 5) is 20.8. The maximum absolute atomic E-state index is 12.5. The third-order valence-corrected chi connectivity index (χ3v) is 4.38. The van der Waals surface area contributed by atoms with Crippen molar-refractivity contribution < 1.29 is 9.32 Å². The fourth-order valence-electron chi connectivity index (χ4n) is 3.08. The zero-order chi connectivity index (χ0) is 17.2. The maximum Gasteiger partial charge on any atom is 0.255 e. The molecule has 1 amide bonds. The van der Waals surface area contributed by atoms with Crippen LogP contribution in [0.5, 0.6) is 0 Å². The highest BCUT2D eigenvalue weighted by atomic mass is 16.5. The quantitative estimate of drug-likeness (QED) is 0.782. The minimum absolute atomic E-state index is 0.170. The van der Waals surface area contributed by atoms with Crippen molar-refractivity contribution in [3.8, 4) is 11.4 Å². The molecule has 0 fully saturated rings. The van der Waals surface area contributed by atoms with Crippen LogP contribution >= 0.6 is 0 Å². The Hall–Kier alpha value is -3.03. The summed E-state index contributed by atoms with van der Waals surface area (Å²) < 4.78 is 7.14. The highest BCUT2D eigenvalue weighted by Gasteiger charge is 2.23. The van der Waals surface area contributed by atoms with Crippen LogP contribution in [0.25, 0.3) is 11.4 Å². The van der Waals surface area contributed by atoms with Gasteiger partial charge in [0.25, 0.3) is 5.91 Å². The van der Waals surface area contributed by atoms with Gasteiger partial charge < -0.3 is 9.84 Å². The van der Waals surface area contributed by atoms with Gasteiger partial charge in [-0.25, -0.2) is 0 Å². The van der Waals surface area contributed by atoms with E-state index in [0.29, 0.717) is 23.3 Å². The normalized spacial score (nSPS) is 16.4. The van der Waals surface area contributed by atoms with Gasteiger partial charge >= 0.3 is 0 Å². The van der Waals surface area contributed by atoms with Gasteiger partial charge in [0.05, 0.1) is 24.0 Å². The van der Waals surface area contributed by atoms with E-state index in [0.717, 1.165) is 30.5 Å². The second-order valence-corrected chi connectivity index (χ2v) is 6.13. The van der Waals surface area contributed by atoms with Crippen molar-refractivity contribution in [3.05, 3.63) is 47.9 Å². The number of hydrogen-bond donors (Lipinski definition) is 1. The molecule has 8 nitrogen and oxygen atoms in total. The SMILES string of the molecule is CC1CCCc2c(C(=O)NCc3nc(-c4cccnc4)no3)cnn21. The van der Waals surface area contributed by atoms with Crippen molar-refractivity contribution in [1.82, 2.24) is 30.2 Å². The molecule has 4 rings (SSSR count). The molecule has 3 aromatic rings. The minimum Gasteiger partial charge on any atom is -0.343 e. The Kier molecular flexibility index (Phi) is 4.01. The lowest BCUT2D eigenvalue weighted by Gasteiger charge is -2.21. The molecule has 1 atom stereocenters. The van der Waals surface area contributed by atoms with E-state index in [1.807, 2.05) is 10.7 Å². The van der Waals surface area contributed by atoms with E-state index in [-0.39, 0.29) is 12.5 Å². The van der Waals surface area contributed by atoms with Crippen LogP contribution in [0.15, 0.2) is 35.2 Å². The first-order valence-corrected chi connectivity index (χ1v) is 8.30. The van der Waals surface area contributed by atoms with Crippen LogP contribution in [0, 0.1) is 0 Å². The molecule has 0 saturated carbocycles. The van der Waals surface area contributed by atoms with E-state index >= 15 is 0 Å². The van der Waals surface area contributed by atoms with Gasteiger partial charge in [0.1, 0.15) is 0 Å². The lowest BCUT2D eigenvalue weighted by molar-refractivity contribution is 0.0944. The summed E-state index contributed by atoms with van der Waals surface area (Å²) in [5.74, 6) is 0.632. The van der Waals surface area contributed by atoms with E-state index in [4.69, 9.17) is 4.52 Å². The molecule has 0 aliphatic carbocycles. The van der Waals surface area contributed by atoms with E-state index in [1.54, 1.807) is 24.7 Å². The molecule has 1 aliphatic rings. The van der Waals surface area contributed by atoms with Crippen molar-refractivity contribution in [3.63, 3.8) is 0 Å². The Labute approximate surface area is 144 Å². The van der Waals surface area contributed by atoms with Crippen molar-refractivity contribution in [2.45, 2.75) is 38.8 Å². The zero-order valence-corrected chi connectivity index (χ0v) is 13.8. The topological polar surface area (TPSA) is 98.7 Å². The summed E-state index contributed by atoms with van der Waals surface area (Å²) in [5, 5.41) is 11.1. The van der Waals surface area contributed by atoms with Crippen LogP contribution in [-0.2, 0) is 13.0 Å². The standard InChI is InChI=1S/C17H18N6O2/c1-11-4-2-6-14-13(9-20-23(11)14)17(24)19-10-15-21-16(22-25-15)12-5-3-7-18-8-12/h3,5,7-9,11H,2,4,6,10H2,1H3,(H,19,24). The number of amides is 1. The fourth-order valence-corrected chi connectivity index (χ4v) is 3.08. The Bertz CT molecular complexity index is 886. The van der Waals surface area contributed by atoms with Gasteiger partial charge in [-0.1, -0.05) is 5.16 Å². The predicted molar refractivity (Wildman–Crippen MR) is 88.6 cm³/mol. The molecular formula is C17H18N6O2. The van der Waals surface area contributed by atoms with Crippen LogP contribution in [0.4, 0.5) is 0 Å². The highest BCUT2D eigenvalue weighted by molar-refractivity contribution is 5.95. The Balaban J connectivity index is 1.44. The van der Waals surface area contributed by atoms with Gasteiger partial charge in [-0.05, 0) is 38.3 Å². The van der Waals surface area contributed by atoms with E-state index in [9.17, 15) is 4.79 Å². The lowest BCUT2D eigenvalue weighted by Crippen LogP contribution is -2.25. The Morgan fingerprint density at radius 2 is 2.36 bits per heavy atom. The molecule has 4 heterocycles. The van der Waals surface area contributed by atoms with Crippen LogP contribution in [0.1, 0.15) is 47.7 Å². The molecule has 128 valence electrons. The van der Waals surface area contributed by atoms with Crippen LogP contribution in [-0.4, -0.2) is 30.8 Å². The molecule has 8 heteroatoms. The smallest absolute Gasteiger partial charge is 0.255 e. The van der Waals surface area contributed by atoms with E-state index in [2.05, 4.69) is 32.5 Å². The molecule has 0 saturated heterocycles. The lowest BCUT2D eigenvalue weighted by atomic mass is 10.0. The van der Waals surface area contributed by atoms with Gasteiger partial charge in [-0.15, -0.1) is 0 Å². The number of nitrogens with zero attached hydrogens (tertiary/aromatic N) is 5. The molecule has 0 aromatic carbocycles. The number of fused-ring (bicyclic) bond motifs is 1. The number of carbonyl (C=O) groups excluding carboxylic acids is 1. The van der Waals surface area contributed by atoms with Gasteiger partial charge in [-0.2, -0.15) is 10.1 Å². The molecule has 25 heavy (non-hydrogen) atoms. The summed E-state index contributed by atoms with van der Waals surface area (Å²) in [6, 6.07) is 3.99. The first kappa shape index (κ1) is 15.5. The van der Waals surface area contributed by atoms with Crippen molar-refractivity contribution in [2.24, 2.45) is 0 Å². The van der Waals surface area contributed by atoms with Gasteiger partial charge in [0.2, 0.25) is 11.7 Å². The molecular weight excluding hydrogens is 320 g/mol. The molecule has 0 radical (unpaired) electrons. The maximum atomic E-state index is 12.5. The van der Waals surface area contributed by atoms with Crippen molar-refractivity contribution >= 4 is 5.91 Å². The van der Waals surface area contributed by atoms with E-state index < -0.39 is 0 Å². The van der Waals surface area contributed by atoms with Crippen LogP contribution in [0.3, 0.4) is 0 Å². The summed E-state index contributed by atoms with van der Waals surface area (Å²) in [5.41, 5.74) is 2.39. The number of aromatic nitrogens is 5. The first-order chi connectivity index (χ1) is 12.2. The summed E-state index contributed by atoms with van der Waals surface area (Å²) in [6.07, 6.45) is 8.02. The molecule has 1 unspecified atom stereocenters. The Morgan fingerprint density at radius 1 is 1.44 bits per heavy atom. The summed E-state index contributed by atoms with van der Waals surface area (Å²) >= 11 is 0. The van der Waals surface area contributed by atoms with Crippen LogP contribution in [0.2, 0.25) is 0 Å². The molecule has 3 aromatic heterocycles. The van der Waals surface area contributed by atoms with E-state index in [1.165, 1.54) is 0 Å². The molecule has 1 N–H and O–H groups in total. The zero-order valence-electron chi connectivity index (χ0n) is 13.8. The first-order valence-electron chi connectivity index (χ1n) is 8.30.